The molecule has 0 bridgehead atoms. The number of halogens is 1. The third-order valence-electron chi connectivity index (χ3n) is 6.94. The average molecular weight is 516 g/mol. The van der Waals surface area contributed by atoms with Crippen LogP contribution in [0.1, 0.15) is 50.1 Å². The van der Waals surface area contributed by atoms with E-state index in [2.05, 4.69) is 32.5 Å². The highest BCUT2D eigenvalue weighted by molar-refractivity contribution is 7.13. The van der Waals surface area contributed by atoms with E-state index in [9.17, 15) is 9.59 Å². The molecule has 3 heterocycles. The summed E-state index contributed by atoms with van der Waals surface area (Å²) in [6, 6.07) is 6.89. The van der Waals surface area contributed by atoms with Gasteiger partial charge in [0.25, 0.3) is 11.8 Å². The molecule has 3 N–H and O–H groups in total. The van der Waals surface area contributed by atoms with Gasteiger partial charge >= 0.3 is 0 Å². The summed E-state index contributed by atoms with van der Waals surface area (Å²) in [7, 11) is 3.77. The average Bonchev–Trinajstić information content (AvgIpc) is 3.44. The molecular formula is C25H30ClN5O3S. The molecule has 0 spiro atoms. The molecule has 1 aliphatic heterocycles. The zero-order chi connectivity index (χ0) is 24.5. The number of fused-ring (bicyclic) bond motifs is 2. The fourth-order valence-electron chi connectivity index (χ4n) is 5.10. The lowest BCUT2D eigenvalue weighted by atomic mass is 9.82. The van der Waals surface area contributed by atoms with E-state index < -0.39 is 0 Å². The molecule has 1 aliphatic carbocycles. The zero-order valence-corrected chi connectivity index (χ0v) is 21.5. The van der Waals surface area contributed by atoms with Gasteiger partial charge in [-0.25, -0.2) is 4.98 Å². The number of nitrogens with zero attached hydrogens (tertiary/aromatic N) is 2. The van der Waals surface area contributed by atoms with Gasteiger partial charge in [-0.3, -0.25) is 9.59 Å². The van der Waals surface area contributed by atoms with Gasteiger partial charge in [0.05, 0.1) is 5.69 Å². The second-order valence-corrected chi connectivity index (χ2v) is 11.1. The van der Waals surface area contributed by atoms with Crippen molar-refractivity contribution in [2.45, 2.75) is 44.3 Å². The van der Waals surface area contributed by atoms with Crippen LogP contribution in [0.3, 0.4) is 0 Å². The van der Waals surface area contributed by atoms with Crippen LogP contribution in [-0.4, -0.2) is 66.1 Å². The first-order valence-corrected chi connectivity index (χ1v) is 13.1. The first-order chi connectivity index (χ1) is 16.9. The number of H-pyrrole nitrogens is 1. The number of carbonyl (C=O) groups is 2. The Bertz CT molecular complexity index is 1240. The molecule has 1 fully saturated rings. The van der Waals surface area contributed by atoms with Crippen LogP contribution in [0.15, 0.2) is 24.3 Å². The van der Waals surface area contributed by atoms with E-state index in [1.54, 1.807) is 19.2 Å². The summed E-state index contributed by atoms with van der Waals surface area (Å²) < 4.78 is 5.38. The lowest BCUT2D eigenvalue weighted by Crippen LogP contribution is -2.55. The van der Waals surface area contributed by atoms with E-state index >= 15 is 0 Å². The molecule has 2 aliphatic rings. The van der Waals surface area contributed by atoms with Crippen LogP contribution in [0.4, 0.5) is 0 Å². The standard InChI is InChI=1S/C25H30ClN5O3S/c1-31-8-7-19-22(12-31)35-25(30-19)24(33)29-20-9-14(13-34-2)3-5-18(20)28-23(32)21-11-15-10-16(26)4-6-17(15)27-21/h4,6,10-11,14,18,20,27H,3,5,7-9,12-13H2,1-2H3,(H,28,32)(H,29,33)/t14?,18-,20+/m0/s1. The van der Waals surface area contributed by atoms with Gasteiger partial charge in [-0.05, 0) is 56.5 Å². The van der Waals surface area contributed by atoms with Crippen LogP contribution < -0.4 is 10.6 Å². The summed E-state index contributed by atoms with van der Waals surface area (Å²) in [5.74, 6) is -0.0408. The Morgan fingerprint density at radius 2 is 2.06 bits per heavy atom. The first kappa shape index (κ1) is 24.2. The van der Waals surface area contributed by atoms with Crippen molar-refractivity contribution < 1.29 is 14.3 Å². The van der Waals surface area contributed by atoms with Gasteiger partial charge in [0.2, 0.25) is 0 Å². The van der Waals surface area contributed by atoms with E-state index in [0.717, 1.165) is 60.2 Å². The van der Waals surface area contributed by atoms with Crippen molar-refractivity contribution >= 4 is 45.7 Å². The van der Waals surface area contributed by atoms with Gasteiger partial charge < -0.3 is 25.3 Å². The maximum atomic E-state index is 13.2. The fraction of sp³-hybridized carbons (Fsp3) is 0.480. The van der Waals surface area contributed by atoms with Crippen molar-refractivity contribution in [3.05, 3.63) is 50.6 Å². The summed E-state index contributed by atoms with van der Waals surface area (Å²) in [6.07, 6.45) is 3.28. The first-order valence-electron chi connectivity index (χ1n) is 12.0. The summed E-state index contributed by atoms with van der Waals surface area (Å²) in [4.78, 5) is 37.5. The molecule has 2 amide bonds. The third kappa shape index (κ3) is 5.38. The van der Waals surface area contributed by atoms with Gasteiger partial charge in [0.1, 0.15) is 5.69 Å². The number of benzene rings is 1. The predicted molar refractivity (Wildman–Crippen MR) is 137 cm³/mol. The van der Waals surface area contributed by atoms with Gasteiger partial charge in [-0.15, -0.1) is 11.3 Å². The molecule has 2 aromatic heterocycles. The zero-order valence-electron chi connectivity index (χ0n) is 19.9. The number of nitrogens with one attached hydrogen (secondary N) is 3. The molecular weight excluding hydrogens is 486 g/mol. The molecule has 3 atom stereocenters. The summed E-state index contributed by atoms with van der Waals surface area (Å²) >= 11 is 7.56. The predicted octanol–water partition coefficient (Wildman–Crippen LogP) is 3.61. The van der Waals surface area contributed by atoms with Crippen LogP contribution >= 0.6 is 22.9 Å². The van der Waals surface area contributed by atoms with Gasteiger partial charge in [0, 0.05) is 66.1 Å². The summed E-state index contributed by atoms with van der Waals surface area (Å²) in [5, 5.41) is 8.34. The van der Waals surface area contributed by atoms with Crippen molar-refractivity contribution in [2.75, 3.05) is 27.3 Å². The minimum Gasteiger partial charge on any atom is -0.384 e. The molecule has 5 rings (SSSR count). The number of aromatic amines is 1. The number of likely N-dealkylation sites (N-methyl/N-ethyl adjacent to an activating group) is 1. The summed E-state index contributed by atoms with van der Waals surface area (Å²) in [5.41, 5.74) is 2.36. The Hall–Kier alpha value is -2.46. The number of methoxy groups -OCH3 is 1. The van der Waals surface area contributed by atoms with Crippen molar-refractivity contribution in [2.24, 2.45) is 5.92 Å². The Kier molecular flexibility index (Phi) is 7.11. The highest BCUT2D eigenvalue weighted by Crippen LogP contribution is 2.28. The van der Waals surface area contributed by atoms with Crippen LogP contribution in [0.5, 0.6) is 0 Å². The maximum absolute atomic E-state index is 13.2. The van der Waals surface area contributed by atoms with Crippen LogP contribution in [-0.2, 0) is 17.7 Å². The molecule has 1 saturated carbocycles. The monoisotopic (exact) mass is 515 g/mol. The molecule has 10 heteroatoms. The minimum absolute atomic E-state index is 0.172. The molecule has 3 aromatic rings. The molecule has 1 unspecified atom stereocenters. The lowest BCUT2D eigenvalue weighted by Gasteiger charge is -2.36. The van der Waals surface area contributed by atoms with Crippen LogP contribution in [0.25, 0.3) is 10.9 Å². The molecule has 1 aromatic carbocycles. The number of carbonyl (C=O) groups excluding carboxylic acids is 2. The number of amides is 2. The highest BCUT2D eigenvalue weighted by Gasteiger charge is 2.34. The molecule has 0 saturated heterocycles. The molecule has 35 heavy (non-hydrogen) atoms. The second-order valence-electron chi connectivity index (χ2n) is 9.59. The largest absolute Gasteiger partial charge is 0.384 e. The number of hydrogen-bond donors (Lipinski definition) is 3. The molecule has 0 radical (unpaired) electrons. The van der Waals surface area contributed by atoms with Crippen molar-refractivity contribution in [1.29, 1.82) is 0 Å². The van der Waals surface area contributed by atoms with E-state index in [-0.39, 0.29) is 23.9 Å². The number of thiazole rings is 1. The Balaban J connectivity index is 1.31. The van der Waals surface area contributed by atoms with E-state index in [1.165, 1.54) is 11.3 Å². The minimum atomic E-state index is -0.206. The lowest BCUT2D eigenvalue weighted by molar-refractivity contribution is 0.0778. The van der Waals surface area contributed by atoms with E-state index in [1.807, 2.05) is 12.1 Å². The molecule has 8 nitrogen and oxygen atoms in total. The normalized spacial score (nSPS) is 22.7. The quantitative estimate of drug-likeness (QED) is 0.466. The Labute approximate surface area is 213 Å². The Morgan fingerprint density at radius 3 is 2.89 bits per heavy atom. The number of rotatable bonds is 6. The number of ether oxygens (including phenoxy) is 1. The second kappa shape index (κ2) is 10.3. The van der Waals surface area contributed by atoms with Crippen molar-refractivity contribution in [1.82, 2.24) is 25.5 Å². The Morgan fingerprint density at radius 1 is 1.23 bits per heavy atom. The SMILES string of the molecule is COCC1CC[C@H](NC(=O)c2cc3cc(Cl)ccc3[nH]2)[C@H](NC(=O)c2nc3c(s2)CN(C)CC3)C1. The van der Waals surface area contributed by atoms with Crippen molar-refractivity contribution in [3.8, 4) is 0 Å². The number of aromatic nitrogens is 2. The maximum Gasteiger partial charge on any atom is 0.280 e. The van der Waals surface area contributed by atoms with Crippen LogP contribution in [0.2, 0.25) is 5.02 Å². The van der Waals surface area contributed by atoms with Gasteiger partial charge in [-0.1, -0.05) is 11.6 Å². The third-order valence-corrected chi connectivity index (χ3v) is 8.25. The highest BCUT2D eigenvalue weighted by atomic mass is 35.5. The van der Waals surface area contributed by atoms with Gasteiger partial charge in [-0.2, -0.15) is 0 Å². The smallest absolute Gasteiger partial charge is 0.280 e. The van der Waals surface area contributed by atoms with Crippen molar-refractivity contribution in [3.63, 3.8) is 0 Å². The topological polar surface area (TPSA) is 99.3 Å². The van der Waals surface area contributed by atoms with E-state index in [0.29, 0.717) is 28.2 Å². The summed E-state index contributed by atoms with van der Waals surface area (Å²) in [6.45, 7) is 2.41. The number of hydrogen-bond acceptors (Lipinski definition) is 6. The van der Waals surface area contributed by atoms with Gasteiger partial charge in [0.15, 0.2) is 5.01 Å². The molecule has 186 valence electrons. The fourth-order valence-corrected chi connectivity index (χ4v) is 6.37. The van der Waals surface area contributed by atoms with Crippen LogP contribution in [0, 0.1) is 5.92 Å². The van der Waals surface area contributed by atoms with E-state index in [4.69, 9.17) is 16.3 Å².